The molecule has 196 valence electrons. The molecule has 0 aliphatic carbocycles. The minimum Gasteiger partial charge on any atom is -0.507 e. The fourth-order valence-electron chi connectivity index (χ4n) is 4.93. The van der Waals surface area contributed by atoms with Gasteiger partial charge in [0, 0.05) is 89.4 Å². The van der Waals surface area contributed by atoms with Crippen molar-refractivity contribution in [2.45, 2.75) is 46.7 Å². The van der Waals surface area contributed by atoms with Crippen LogP contribution in [-0.2, 0) is 22.7 Å². The molecule has 0 unspecified atom stereocenters. The third-order valence-electron chi connectivity index (χ3n) is 7.22. The van der Waals surface area contributed by atoms with Crippen molar-refractivity contribution < 1.29 is 14.7 Å². The zero-order chi connectivity index (χ0) is 25.8. The Balaban J connectivity index is 1.55. The van der Waals surface area contributed by atoms with E-state index >= 15 is 0 Å². The molecule has 0 saturated carbocycles. The Labute approximate surface area is 226 Å². The van der Waals surface area contributed by atoms with E-state index in [1.54, 1.807) is 20.7 Å². The maximum atomic E-state index is 12.1. The second-order valence-corrected chi connectivity index (χ2v) is 12.4. The summed E-state index contributed by atoms with van der Waals surface area (Å²) >= 11 is 5.51. The fourth-order valence-corrected chi connectivity index (χ4v) is 7.81. The zero-order valence-corrected chi connectivity index (χ0v) is 23.9. The minimum absolute atomic E-state index is 0.205. The van der Waals surface area contributed by atoms with Crippen molar-refractivity contribution in [1.82, 2.24) is 19.6 Å². The lowest BCUT2D eigenvalue weighted by Crippen LogP contribution is -2.48. The predicted octanol–water partition coefficient (Wildman–Crippen LogP) is 4.33. The monoisotopic (exact) mass is 548 g/mol. The van der Waals surface area contributed by atoms with Gasteiger partial charge >= 0.3 is 0 Å². The van der Waals surface area contributed by atoms with E-state index < -0.39 is 0 Å². The summed E-state index contributed by atoms with van der Waals surface area (Å²) in [4.78, 5) is 33.8. The highest BCUT2D eigenvalue weighted by Crippen LogP contribution is 2.38. The van der Waals surface area contributed by atoms with Gasteiger partial charge in [0.15, 0.2) is 0 Å². The topological polar surface area (TPSA) is 67.3 Å². The first kappa shape index (κ1) is 27.2. The predicted molar refractivity (Wildman–Crippen MR) is 149 cm³/mol. The first-order valence-corrected chi connectivity index (χ1v) is 15.3. The van der Waals surface area contributed by atoms with Crippen LogP contribution in [0.4, 0.5) is 0 Å². The highest BCUT2D eigenvalue weighted by atomic mass is 32.9. The zero-order valence-electron chi connectivity index (χ0n) is 21.4. The smallest absolute Gasteiger partial charge is 0.222 e. The first-order valence-electron chi connectivity index (χ1n) is 12.8. The molecule has 1 aromatic heterocycles. The summed E-state index contributed by atoms with van der Waals surface area (Å²) in [6.07, 6.45) is 1.08. The van der Waals surface area contributed by atoms with E-state index in [4.69, 9.17) is 12.2 Å². The van der Waals surface area contributed by atoms with Crippen molar-refractivity contribution in [1.29, 1.82) is 0 Å². The fraction of sp³-hybridized carbons (Fsp3) is 0.577. The SMILES string of the molecule is CCC(=O)N1CCN(Cc2cc(-c3ssc(=S)c3C)cc(CN3CCN(C(=O)CC)CC3)c2O)CC1. The third kappa shape index (κ3) is 6.16. The molecule has 10 heteroatoms. The molecule has 0 spiro atoms. The average Bonchev–Trinajstić information content (AvgIpc) is 3.24. The molecule has 0 bridgehead atoms. The largest absolute Gasteiger partial charge is 0.507 e. The van der Waals surface area contributed by atoms with Gasteiger partial charge in [-0.2, -0.15) is 0 Å². The molecule has 2 fully saturated rings. The van der Waals surface area contributed by atoms with Crippen molar-refractivity contribution in [3.8, 4) is 16.2 Å². The standard InChI is InChI=1S/C26H36N4O3S3/c1-4-22(31)29-10-6-27(7-11-29)16-20-14-19(25-18(3)26(34)36-35-25)15-21(24(20)33)17-28-8-12-30(13-9-28)23(32)5-2/h14-15,33H,4-13,16-17H2,1-3H3. The molecule has 7 nitrogen and oxygen atoms in total. The lowest BCUT2D eigenvalue weighted by atomic mass is 10.00. The van der Waals surface area contributed by atoms with Crippen LogP contribution in [0, 0.1) is 10.7 Å². The molecular formula is C26H36N4O3S3. The van der Waals surface area contributed by atoms with E-state index in [2.05, 4.69) is 28.9 Å². The van der Waals surface area contributed by atoms with Gasteiger partial charge in [0.25, 0.3) is 0 Å². The molecule has 0 radical (unpaired) electrons. The van der Waals surface area contributed by atoms with E-state index in [1.165, 1.54) is 4.88 Å². The van der Waals surface area contributed by atoms with Gasteiger partial charge in [-0.25, -0.2) is 0 Å². The number of phenols is 1. The highest BCUT2D eigenvalue weighted by molar-refractivity contribution is 7.80. The van der Waals surface area contributed by atoms with Crippen LogP contribution in [0.25, 0.3) is 10.4 Å². The maximum Gasteiger partial charge on any atom is 0.222 e. The van der Waals surface area contributed by atoms with Crippen LogP contribution in [0.2, 0.25) is 0 Å². The van der Waals surface area contributed by atoms with Crippen LogP contribution in [0.1, 0.15) is 43.4 Å². The number of benzene rings is 1. The third-order valence-corrected chi connectivity index (χ3v) is 10.6. The molecule has 2 aromatic rings. The van der Waals surface area contributed by atoms with Gasteiger partial charge in [-0.1, -0.05) is 46.7 Å². The highest BCUT2D eigenvalue weighted by Gasteiger charge is 2.24. The van der Waals surface area contributed by atoms with Gasteiger partial charge in [0.1, 0.15) is 9.57 Å². The summed E-state index contributed by atoms with van der Waals surface area (Å²) in [7, 11) is 3.32. The van der Waals surface area contributed by atoms with Crippen molar-refractivity contribution in [2.75, 3.05) is 52.4 Å². The number of amides is 2. The number of aromatic hydroxyl groups is 1. The number of hydrogen-bond acceptors (Lipinski definition) is 8. The molecule has 2 amide bonds. The van der Waals surface area contributed by atoms with Gasteiger partial charge in [-0.15, -0.1) is 0 Å². The van der Waals surface area contributed by atoms with Crippen molar-refractivity contribution in [2.24, 2.45) is 0 Å². The van der Waals surface area contributed by atoms with Crippen LogP contribution in [0.15, 0.2) is 12.1 Å². The second-order valence-electron chi connectivity index (χ2n) is 9.57. The Bertz CT molecular complexity index is 1090. The summed E-state index contributed by atoms with van der Waals surface area (Å²) in [6.45, 7) is 13.3. The number of piperazine rings is 2. The van der Waals surface area contributed by atoms with Crippen LogP contribution in [0.3, 0.4) is 0 Å². The van der Waals surface area contributed by atoms with Crippen LogP contribution in [0.5, 0.6) is 5.75 Å². The Morgan fingerprint density at radius 1 is 0.833 bits per heavy atom. The number of carbonyl (C=O) groups excluding carboxylic acids is 2. The van der Waals surface area contributed by atoms with Gasteiger partial charge < -0.3 is 14.9 Å². The number of nitrogens with zero attached hydrogens (tertiary/aromatic N) is 4. The van der Waals surface area contributed by atoms with Crippen molar-refractivity contribution >= 4 is 44.7 Å². The van der Waals surface area contributed by atoms with Crippen LogP contribution < -0.4 is 0 Å². The lowest BCUT2D eigenvalue weighted by Gasteiger charge is -2.36. The van der Waals surface area contributed by atoms with Gasteiger partial charge in [0.2, 0.25) is 11.8 Å². The number of rotatable bonds is 7. The molecule has 2 aliphatic rings. The molecular weight excluding hydrogens is 513 g/mol. The van der Waals surface area contributed by atoms with Crippen molar-refractivity contribution in [3.63, 3.8) is 0 Å². The van der Waals surface area contributed by atoms with E-state index in [1.807, 2.05) is 23.6 Å². The molecule has 2 saturated heterocycles. The minimum atomic E-state index is 0.205. The molecule has 4 rings (SSSR count). The van der Waals surface area contributed by atoms with Crippen LogP contribution in [-0.4, -0.2) is 88.9 Å². The maximum absolute atomic E-state index is 12.1. The summed E-state index contributed by atoms with van der Waals surface area (Å²) in [5.41, 5.74) is 4.07. The average molecular weight is 549 g/mol. The molecule has 0 atom stereocenters. The van der Waals surface area contributed by atoms with Crippen LogP contribution >= 0.6 is 32.9 Å². The van der Waals surface area contributed by atoms with E-state index in [-0.39, 0.29) is 11.8 Å². The summed E-state index contributed by atoms with van der Waals surface area (Å²) in [5, 5.41) is 11.4. The molecule has 1 aromatic carbocycles. The number of phenolic OH excluding ortho intramolecular Hbond substituents is 1. The summed E-state index contributed by atoms with van der Waals surface area (Å²) < 4.78 is 0.916. The number of hydrogen-bond donors (Lipinski definition) is 1. The lowest BCUT2D eigenvalue weighted by molar-refractivity contribution is -0.133. The second kappa shape index (κ2) is 12.1. The Morgan fingerprint density at radius 2 is 1.28 bits per heavy atom. The Hall–Kier alpha value is -1.85. The van der Waals surface area contributed by atoms with Gasteiger partial charge in [0.05, 0.1) is 4.88 Å². The van der Waals surface area contributed by atoms with E-state index in [0.29, 0.717) is 31.7 Å². The van der Waals surface area contributed by atoms with E-state index in [9.17, 15) is 14.7 Å². The van der Waals surface area contributed by atoms with Gasteiger partial charge in [-0.05, 0) is 30.2 Å². The Morgan fingerprint density at radius 3 is 1.64 bits per heavy atom. The summed E-state index contributed by atoms with van der Waals surface area (Å²) in [5.74, 6) is 0.766. The Kier molecular flexibility index (Phi) is 9.16. The van der Waals surface area contributed by atoms with E-state index in [0.717, 1.165) is 78.4 Å². The molecule has 1 N–H and O–H groups in total. The first-order chi connectivity index (χ1) is 17.3. The summed E-state index contributed by atoms with van der Waals surface area (Å²) in [6, 6.07) is 4.22. The normalized spacial score (nSPS) is 17.5. The molecule has 36 heavy (non-hydrogen) atoms. The van der Waals surface area contributed by atoms with Crippen molar-refractivity contribution in [3.05, 3.63) is 32.6 Å². The quantitative estimate of drug-likeness (QED) is 0.411. The number of carbonyl (C=O) groups is 2. The van der Waals surface area contributed by atoms with Gasteiger partial charge in [-0.3, -0.25) is 19.4 Å². The molecule has 3 heterocycles. The molecule has 2 aliphatic heterocycles.